The second-order valence-corrected chi connectivity index (χ2v) is 4.74. The van der Waals surface area contributed by atoms with Gasteiger partial charge in [0, 0.05) is 24.9 Å². The molecule has 0 aliphatic carbocycles. The lowest BCUT2D eigenvalue weighted by Gasteiger charge is -2.18. The Morgan fingerprint density at radius 3 is 2.86 bits per heavy atom. The van der Waals surface area contributed by atoms with Gasteiger partial charge in [-0.15, -0.1) is 0 Å². The molecular formula is C16H14FNO4. The van der Waals surface area contributed by atoms with Crippen LogP contribution in [-0.2, 0) is 4.79 Å². The van der Waals surface area contributed by atoms with Crippen LogP contribution in [0.1, 0.15) is 0 Å². The van der Waals surface area contributed by atoms with Gasteiger partial charge in [-0.25, -0.2) is 4.39 Å². The van der Waals surface area contributed by atoms with Gasteiger partial charge >= 0.3 is 0 Å². The Bertz CT molecular complexity index is 704. The molecule has 0 radical (unpaired) electrons. The summed E-state index contributed by atoms with van der Waals surface area (Å²) in [5, 5.41) is 0. The van der Waals surface area contributed by atoms with Crippen molar-refractivity contribution in [3.8, 4) is 17.2 Å². The van der Waals surface area contributed by atoms with Gasteiger partial charge in [0.2, 0.25) is 6.79 Å². The molecule has 2 aromatic carbocycles. The van der Waals surface area contributed by atoms with Crippen LogP contribution in [0.15, 0.2) is 42.5 Å². The van der Waals surface area contributed by atoms with E-state index in [2.05, 4.69) is 0 Å². The van der Waals surface area contributed by atoms with Gasteiger partial charge in [0.15, 0.2) is 18.1 Å². The Balaban J connectivity index is 1.64. The molecule has 114 valence electrons. The van der Waals surface area contributed by atoms with E-state index in [9.17, 15) is 9.18 Å². The van der Waals surface area contributed by atoms with Crippen molar-refractivity contribution < 1.29 is 23.4 Å². The molecule has 1 amide bonds. The lowest BCUT2D eigenvalue weighted by Crippen LogP contribution is -2.31. The molecule has 1 heterocycles. The molecule has 0 saturated carbocycles. The zero-order valence-electron chi connectivity index (χ0n) is 11.9. The summed E-state index contributed by atoms with van der Waals surface area (Å²) in [6.45, 7) is -0.00642. The number of nitrogens with zero attached hydrogens (tertiary/aromatic N) is 1. The van der Waals surface area contributed by atoms with Crippen LogP contribution in [-0.4, -0.2) is 26.4 Å². The molecule has 0 spiro atoms. The van der Waals surface area contributed by atoms with Gasteiger partial charge in [0.25, 0.3) is 5.91 Å². The standard InChI is InChI=1S/C16H14FNO4/c1-18(12-5-6-14-15(8-12)22-10-21-14)16(19)9-20-13-4-2-3-11(17)7-13/h2-8H,9-10H2,1H3. The number of carbonyl (C=O) groups excluding carboxylic acids is 1. The number of amides is 1. The molecule has 0 atom stereocenters. The van der Waals surface area contributed by atoms with Crippen LogP contribution in [0, 0.1) is 5.82 Å². The van der Waals surface area contributed by atoms with Crippen molar-refractivity contribution >= 4 is 11.6 Å². The largest absolute Gasteiger partial charge is 0.484 e. The fourth-order valence-electron chi connectivity index (χ4n) is 2.04. The molecule has 6 heteroatoms. The van der Waals surface area contributed by atoms with Crippen LogP contribution in [0.2, 0.25) is 0 Å². The van der Waals surface area contributed by atoms with Crippen molar-refractivity contribution in [1.82, 2.24) is 0 Å². The number of benzene rings is 2. The molecule has 22 heavy (non-hydrogen) atoms. The van der Waals surface area contributed by atoms with Crippen LogP contribution < -0.4 is 19.1 Å². The van der Waals surface area contributed by atoms with Gasteiger partial charge in [-0.1, -0.05) is 6.07 Å². The summed E-state index contributed by atoms with van der Waals surface area (Å²) < 4.78 is 28.8. The van der Waals surface area contributed by atoms with Crippen LogP contribution in [0.5, 0.6) is 17.2 Å². The van der Waals surface area contributed by atoms with Crippen molar-refractivity contribution in [3.05, 3.63) is 48.3 Å². The first-order chi connectivity index (χ1) is 10.6. The summed E-state index contributed by atoms with van der Waals surface area (Å²) in [7, 11) is 1.63. The van der Waals surface area contributed by atoms with Gasteiger partial charge in [0.1, 0.15) is 11.6 Å². The van der Waals surface area contributed by atoms with Gasteiger partial charge in [0.05, 0.1) is 0 Å². The van der Waals surface area contributed by atoms with Crippen molar-refractivity contribution in [1.29, 1.82) is 0 Å². The van der Waals surface area contributed by atoms with E-state index in [0.29, 0.717) is 22.9 Å². The quantitative estimate of drug-likeness (QED) is 0.871. The third kappa shape index (κ3) is 2.95. The smallest absolute Gasteiger partial charge is 0.264 e. The number of ether oxygens (including phenoxy) is 3. The van der Waals surface area contributed by atoms with Gasteiger partial charge in [-0.05, 0) is 24.3 Å². The Hall–Kier alpha value is -2.76. The normalized spacial score (nSPS) is 12.1. The Morgan fingerprint density at radius 1 is 1.23 bits per heavy atom. The third-order valence-electron chi connectivity index (χ3n) is 3.28. The summed E-state index contributed by atoms with van der Waals surface area (Å²) in [6.07, 6.45) is 0. The predicted octanol–water partition coefficient (Wildman–Crippen LogP) is 2.60. The number of halogens is 1. The van der Waals surface area contributed by atoms with Crippen molar-refractivity contribution in [2.24, 2.45) is 0 Å². The molecular weight excluding hydrogens is 289 g/mol. The zero-order valence-corrected chi connectivity index (χ0v) is 11.9. The lowest BCUT2D eigenvalue weighted by molar-refractivity contribution is -0.120. The molecule has 5 nitrogen and oxygen atoms in total. The lowest BCUT2D eigenvalue weighted by atomic mass is 10.2. The molecule has 3 rings (SSSR count). The summed E-state index contributed by atoms with van der Waals surface area (Å²) in [5.74, 6) is 0.897. The van der Waals surface area contributed by atoms with E-state index in [4.69, 9.17) is 14.2 Å². The minimum atomic E-state index is -0.408. The highest BCUT2D eigenvalue weighted by Crippen LogP contribution is 2.35. The Morgan fingerprint density at radius 2 is 2.05 bits per heavy atom. The van der Waals surface area contributed by atoms with E-state index in [0.717, 1.165) is 0 Å². The van der Waals surface area contributed by atoms with E-state index in [1.54, 1.807) is 31.3 Å². The number of carbonyl (C=O) groups is 1. The first kappa shape index (κ1) is 14.2. The number of anilines is 1. The first-order valence-corrected chi connectivity index (χ1v) is 6.68. The fraction of sp³-hybridized carbons (Fsp3) is 0.188. The molecule has 0 unspecified atom stereocenters. The number of fused-ring (bicyclic) bond motifs is 1. The average Bonchev–Trinajstić information content (AvgIpc) is 2.99. The molecule has 1 aliphatic heterocycles. The SMILES string of the molecule is CN(C(=O)COc1cccc(F)c1)c1ccc2c(c1)OCO2. The average molecular weight is 303 g/mol. The molecule has 0 aromatic heterocycles. The molecule has 0 saturated heterocycles. The van der Waals surface area contributed by atoms with Gasteiger partial charge < -0.3 is 19.1 Å². The molecule has 0 bridgehead atoms. The summed E-state index contributed by atoms with van der Waals surface area (Å²) in [6, 6.07) is 10.9. The fourth-order valence-corrected chi connectivity index (χ4v) is 2.04. The number of rotatable bonds is 4. The van der Waals surface area contributed by atoms with E-state index in [1.165, 1.54) is 23.1 Å². The van der Waals surface area contributed by atoms with E-state index in [-0.39, 0.29) is 19.3 Å². The molecule has 0 N–H and O–H groups in total. The summed E-state index contributed by atoms with van der Waals surface area (Å²) >= 11 is 0. The number of hydrogen-bond donors (Lipinski definition) is 0. The summed E-state index contributed by atoms with van der Waals surface area (Å²) in [5.41, 5.74) is 0.664. The highest BCUT2D eigenvalue weighted by Gasteiger charge is 2.17. The Kier molecular flexibility index (Phi) is 3.82. The Labute approximate surface area is 126 Å². The predicted molar refractivity (Wildman–Crippen MR) is 77.9 cm³/mol. The van der Waals surface area contributed by atoms with Gasteiger partial charge in [-0.2, -0.15) is 0 Å². The topological polar surface area (TPSA) is 48.0 Å². The van der Waals surface area contributed by atoms with Crippen LogP contribution in [0.3, 0.4) is 0 Å². The zero-order chi connectivity index (χ0) is 15.5. The van der Waals surface area contributed by atoms with E-state index >= 15 is 0 Å². The van der Waals surface area contributed by atoms with Crippen molar-refractivity contribution in [2.45, 2.75) is 0 Å². The monoisotopic (exact) mass is 303 g/mol. The van der Waals surface area contributed by atoms with E-state index in [1.807, 2.05) is 0 Å². The van der Waals surface area contributed by atoms with Crippen LogP contribution >= 0.6 is 0 Å². The van der Waals surface area contributed by atoms with Gasteiger partial charge in [-0.3, -0.25) is 4.79 Å². The second-order valence-electron chi connectivity index (χ2n) is 4.74. The summed E-state index contributed by atoms with van der Waals surface area (Å²) in [4.78, 5) is 13.6. The van der Waals surface area contributed by atoms with Crippen LogP contribution in [0.25, 0.3) is 0 Å². The van der Waals surface area contributed by atoms with Crippen molar-refractivity contribution in [2.75, 3.05) is 25.3 Å². The van der Waals surface area contributed by atoms with Crippen molar-refractivity contribution in [3.63, 3.8) is 0 Å². The molecule has 2 aromatic rings. The maximum atomic E-state index is 13.0. The number of hydrogen-bond acceptors (Lipinski definition) is 4. The first-order valence-electron chi connectivity index (χ1n) is 6.68. The highest BCUT2D eigenvalue weighted by atomic mass is 19.1. The molecule has 1 aliphatic rings. The minimum Gasteiger partial charge on any atom is -0.484 e. The third-order valence-corrected chi connectivity index (χ3v) is 3.28. The maximum Gasteiger partial charge on any atom is 0.264 e. The minimum absolute atomic E-state index is 0.180. The molecule has 0 fully saturated rings. The number of likely N-dealkylation sites (N-methyl/N-ethyl adjacent to an activating group) is 1. The van der Waals surface area contributed by atoms with Crippen LogP contribution in [0.4, 0.5) is 10.1 Å². The maximum absolute atomic E-state index is 13.0. The highest BCUT2D eigenvalue weighted by molar-refractivity contribution is 5.94. The van der Waals surface area contributed by atoms with E-state index < -0.39 is 5.82 Å². The second kappa shape index (κ2) is 5.93.